The van der Waals surface area contributed by atoms with Crippen LogP contribution in [0.5, 0.6) is 5.75 Å². The number of hydrogen-bond acceptors (Lipinski definition) is 6. The van der Waals surface area contributed by atoms with Crippen molar-refractivity contribution in [3.05, 3.63) is 54.0 Å². The second-order valence-corrected chi connectivity index (χ2v) is 8.59. The van der Waals surface area contributed by atoms with E-state index in [0.29, 0.717) is 5.56 Å². The number of likely N-dealkylation sites (N-methyl/N-ethyl adjacent to an activating group) is 1. The van der Waals surface area contributed by atoms with Gasteiger partial charge in [0.05, 0.1) is 18.7 Å². The van der Waals surface area contributed by atoms with Crippen molar-refractivity contribution in [2.45, 2.75) is 18.9 Å². The van der Waals surface area contributed by atoms with E-state index in [2.05, 4.69) is 32.4 Å². The van der Waals surface area contributed by atoms with Crippen molar-refractivity contribution in [2.75, 3.05) is 45.7 Å². The zero-order chi connectivity index (χ0) is 21.4. The van der Waals surface area contributed by atoms with Crippen LogP contribution in [-0.4, -0.2) is 70.6 Å². The second-order valence-electron chi connectivity index (χ2n) is 8.59. The van der Waals surface area contributed by atoms with E-state index in [1.54, 1.807) is 13.2 Å². The van der Waals surface area contributed by atoms with E-state index in [1.807, 2.05) is 40.9 Å². The highest BCUT2D eigenvalue weighted by atomic mass is 16.5. The molecule has 3 aromatic rings. The maximum absolute atomic E-state index is 12.9. The molecule has 8 heteroatoms. The molecule has 1 amide bonds. The van der Waals surface area contributed by atoms with E-state index < -0.39 is 0 Å². The molecule has 0 radical (unpaired) electrons. The summed E-state index contributed by atoms with van der Waals surface area (Å²) in [7, 11) is 3.76. The van der Waals surface area contributed by atoms with Gasteiger partial charge >= 0.3 is 0 Å². The largest absolute Gasteiger partial charge is 0.497 e. The number of nitrogens with zero attached hydrogens (tertiary/aromatic N) is 5. The Kier molecular flexibility index (Phi) is 5.33. The number of benzene rings is 1. The van der Waals surface area contributed by atoms with Gasteiger partial charge in [-0.05, 0) is 62.2 Å². The first kappa shape index (κ1) is 20.0. The number of pyridine rings is 1. The SMILES string of the molecule is COc1ccc(NC(=O)c2ccc3nnc([C@H]4CN(CC5CC5)CCN4C)n3c2)cc1. The van der Waals surface area contributed by atoms with Crippen LogP contribution in [0.15, 0.2) is 42.6 Å². The lowest BCUT2D eigenvalue weighted by molar-refractivity contribution is 0.0870. The molecule has 2 fully saturated rings. The Hall–Kier alpha value is -2.97. The molecule has 1 saturated heterocycles. The average Bonchev–Trinajstić information content (AvgIpc) is 3.51. The van der Waals surface area contributed by atoms with Crippen LogP contribution in [0.2, 0.25) is 0 Å². The number of aromatic nitrogens is 3. The minimum Gasteiger partial charge on any atom is -0.497 e. The van der Waals surface area contributed by atoms with E-state index in [1.165, 1.54) is 19.4 Å². The van der Waals surface area contributed by atoms with Gasteiger partial charge in [-0.1, -0.05) is 0 Å². The van der Waals surface area contributed by atoms with Crippen molar-refractivity contribution >= 4 is 17.2 Å². The topological polar surface area (TPSA) is 75.0 Å². The lowest BCUT2D eigenvalue weighted by atomic mass is 10.1. The van der Waals surface area contributed by atoms with Gasteiger partial charge in [0.25, 0.3) is 5.91 Å². The minimum atomic E-state index is -0.168. The fraction of sp³-hybridized carbons (Fsp3) is 0.435. The molecule has 5 rings (SSSR count). The zero-order valence-corrected chi connectivity index (χ0v) is 18.0. The number of nitrogens with one attached hydrogen (secondary N) is 1. The Bertz CT molecular complexity index is 1080. The summed E-state index contributed by atoms with van der Waals surface area (Å²) in [5.41, 5.74) is 2.04. The van der Waals surface area contributed by atoms with Crippen LogP contribution in [-0.2, 0) is 0 Å². The molecule has 8 nitrogen and oxygen atoms in total. The van der Waals surface area contributed by atoms with Gasteiger partial charge in [-0.3, -0.25) is 19.0 Å². The molecule has 0 spiro atoms. The van der Waals surface area contributed by atoms with Crippen LogP contribution in [0.1, 0.15) is 35.1 Å². The molecule has 1 aromatic carbocycles. The highest BCUT2D eigenvalue weighted by Crippen LogP contribution is 2.32. The van der Waals surface area contributed by atoms with Crippen molar-refractivity contribution in [1.82, 2.24) is 24.4 Å². The van der Waals surface area contributed by atoms with Crippen LogP contribution in [0.25, 0.3) is 5.65 Å². The summed E-state index contributed by atoms with van der Waals surface area (Å²) in [6.45, 7) is 4.21. The fourth-order valence-corrected chi connectivity index (χ4v) is 4.19. The van der Waals surface area contributed by atoms with Crippen LogP contribution in [0.4, 0.5) is 5.69 Å². The third kappa shape index (κ3) is 4.26. The van der Waals surface area contributed by atoms with E-state index in [4.69, 9.17) is 4.74 Å². The molecule has 162 valence electrons. The zero-order valence-electron chi connectivity index (χ0n) is 18.0. The number of carbonyl (C=O) groups excluding carboxylic acids is 1. The molecule has 0 unspecified atom stereocenters. The van der Waals surface area contributed by atoms with E-state index in [9.17, 15) is 4.79 Å². The summed E-state index contributed by atoms with van der Waals surface area (Å²) in [6, 6.07) is 11.1. The van der Waals surface area contributed by atoms with Crippen molar-refractivity contribution in [3.8, 4) is 5.75 Å². The molecule has 31 heavy (non-hydrogen) atoms. The van der Waals surface area contributed by atoms with Gasteiger partial charge in [-0.15, -0.1) is 10.2 Å². The maximum atomic E-state index is 12.9. The lowest BCUT2D eigenvalue weighted by Gasteiger charge is -2.38. The predicted octanol–water partition coefficient (Wildman–Crippen LogP) is 2.69. The third-order valence-corrected chi connectivity index (χ3v) is 6.28. The van der Waals surface area contributed by atoms with Gasteiger partial charge in [0.1, 0.15) is 5.75 Å². The second kappa shape index (κ2) is 8.28. The van der Waals surface area contributed by atoms with Crippen molar-refractivity contribution in [2.24, 2.45) is 5.92 Å². The van der Waals surface area contributed by atoms with Crippen molar-refractivity contribution < 1.29 is 9.53 Å². The molecular formula is C23H28N6O2. The van der Waals surface area contributed by atoms with Gasteiger partial charge in [0.15, 0.2) is 11.5 Å². The number of ether oxygens (including phenoxy) is 1. The van der Waals surface area contributed by atoms with Crippen LogP contribution in [0, 0.1) is 5.92 Å². The molecular weight excluding hydrogens is 392 g/mol. The number of carbonyl (C=O) groups is 1. The first-order chi connectivity index (χ1) is 15.1. The number of anilines is 1. The average molecular weight is 421 g/mol. The number of hydrogen-bond donors (Lipinski definition) is 1. The monoisotopic (exact) mass is 420 g/mol. The Balaban J connectivity index is 1.37. The molecule has 2 aliphatic rings. The number of methoxy groups -OCH3 is 1. The van der Waals surface area contributed by atoms with Crippen LogP contribution in [0.3, 0.4) is 0 Å². The first-order valence-electron chi connectivity index (χ1n) is 10.8. The van der Waals surface area contributed by atoms with Gasteiger partial charge < -0.3 is 10.1 Å². The molecule has 1 atom stereocenters. The predicted molar refractivity (Wildman–Crippen MR) is 118 cm³/mol. The van der Waals surface area contributed by atoms with E-state index in [0.717, 1.165) is 48.5 Å². The molecule has 2 aromatic heterocycles. The van der Waals surface area contributed by atoms with Crippen LogP contribution < -0.4 is 10.1 Å². The van der Waals surface area contributed by atoms with E-state index >= 15 is 0 Å². The Labute approximate surface area is 181 Å². The Morgan fingerprint density at radius 3 is 2.68 bits per heavy atom. The van der Waals surface area contributed by atoms with Gasteiger partial charge in [-0.2, -0.15) is 0 Å². The summed E-state index contributed by atoms with van der Waals surface area (Å²) in [5.74, 6) is 2.34. The smallest absolute Gasteiger partial charge is 0.257 e. The Morgan fingerprint density at radius 2 is 1.94 bits per heavy atom. The normalized spacial score (nSPS) is 20.1. The van der Waals surface area contributed by atoms with Crippen molar-refractivity contribution in [1.29, 1.82) is 0 Å². The molecule has 1 saturated carbocycles. The summed E-state index contributed by atoms with van der Waals surface area (Å²) < 4.78 is 7.14. The third-order valence-electron chi connectivity index (χ3n) is 6.28. The quantitative estimate of drug-likeness (QED) is 0.661. The molecule has 0 bridgehead atoms. The standard InChI is InChI=1S/C23H28N6O2/c1-27-11-12-28(13-16-3-4-16)15-20(27)22-26-25-21-10-5-17(14-29(21)22)23(30)24-18-6-8-19(31-2)9-7-18/h5-10,14,16,20H,3-4,11-13,15H2,1-2H3,(H,24,30)/t20-/m1/s1. The molecule has 1 aliphatic carbocycles. The van der Waals surface area contributed by atoms with E-state index in [-0.39, 0.29) is 11.9 Å². The number of rotatable bonds is 6. The van der Waals surface area contributed by atoms with Gasteiger partial charge in [0, 0.05) is 38.1 Å². The van der Waals surface area contributed by atoms with Crippen LogP contribution >= 0.6 is 0 Å². The molecule has 3 heterocycles. The highest BCUT2D eigenvalue weighted by Gasteiger charge is 2.32. The summed E-state index contributed by atoms with van der Waals surface area (Å²) in [5, 5.41) is 11.8. The van der Waals surface area contributed by atoms with Crippen molar-refractivity contribution in [3.63, 3.8) is 0 Å². The number of amides is 1. The van der Waals surface area contributed by atoms with Gasteiger partial charge in [-0.25, -0.2) is 0 Å². The fourth-order valence-electron chi connectivity index (χ4n) is 4.19. The number of piperazine rings is 1. The summed E-state index contributed by atoms with van der Waals surface area (Å²) in [6.07, 6.45) is 4.56. The maximum Gasteiger partial charge on any atom is 0.257 e. The first-order valence-corrected chi connectivity index (χ1v) is 10.8. The Morgan fingerprint density at radius 1 is 1.13 bits per heavy atom. The molecule has 1 aliphatic heterocycles. The molecule has 1 N–H and O–H groups in total. The number of fused-ring (bicyclic) bond motifs is 1. The highest BCUT2D eigenvalue weighted by molar-refractivity contribution is 6.04. The summed E-state index contributed by atoms with van der Waals surface area (Å²) in [4.78, 5) is 17.7. The van der Waals surface area contributed by atoms with Gasteiger partial charge in [0.2, 0.25) is 0 Å². The summed E-state index contributed by atoms with van der Waals surface area (Å²) >= 11 is 0. The minimum absolute atomic E-state index is 0.155. The lowest BCUT2D eigenvalue weighted by Crippen LogP contribution is -2.47.